The van der Waals surface area contributed by atoms with E-state index < -0.39 is 76.8 Å². The molecule has 2 amide bonds. The van der Waals surface area contributed by atoms with Gasteiger partial charge in [0.15, 0.2) is 12.2 Å². The molecule has 0 radical (unpaired) electrons. The van der Waals surface area contributed by atoms with E-state index >= 15 is 0 Å². The number of benzene rings is 1. The molecule has 0 aliphatic carbocycles. The first-order valence-corrected chi connectivity index (χ1v) is 11.9. The predicted molar refractivity (Wildman–Crippen MR) is 114 cm³/mol. The van der Waals surface area contributed by atoms with Gasteiger partial charge in [-0.15, -0.1) is 0 Å². The number of hydrogen-bond donors (Lipinski definition) is 2. The summed E-state index contributed by atoms with van der Waals surface area (Å²) in [5, 5.41) is 2.56. The number of amides is 2. The van der Waals surface area contributed by atoms with Crippen molar-refractivity contribution < 1.29 is 51.3 Å². The average molecular weight is 512 g/mol. The van der Waals surface area contributed by atoms with Gasteiger partial charge < -0.3 is 24.3 Å². The number of carbonyl (C=O) groups is 5. The van der Waals surface area contributed by atoms with Crippen molar-refractivity contribution in [2.75, 3.05) is 6.61 Å². The van der Waals surface area contributed by atoms with Gasteiger partial charge in [-0.05, 0) is 6.07 Å². The van der Waals surface area contributed by atoms with Crippen LogP contribution in [0.15, 0.2) is 23.1 Å². The van der Waals surface area contributed by atoms with Crippen LogP contribution in [0.2, 0.25) is 0 Å². The van der Waals surface area contributed by atoms with Gasteiger partial charge in [0.05, 0.1) is 5.56 Å². The Labute approximate surface area is 200 Å². The summed E-state index contributed by atoms with van der Waals surface area (Å²) in [7, 11) is -4.27. The Morgan fingerprint density at radius 3 is 2.20 bits per heavy atom. The van der Waals surface area contributed by atoms with Crippen LogP contribution in [0.25, 0.3) is 0 Å². The van der Waals surface area contributed by atoms with Crippen LogP contribution in [0.1, 0.15) is 49.7 Å². The van der Waals surface area contributed by atoms with Crippen LogP contribution in [-0.4, -0.2) is 69.1 Å². The second kappa shape index (κ2) is 10.00. The van der Waals surface area contributed by atoms with Crippen LogP contribution < -0.4 is 10.0 Å². The van der Waals surface area contributed by atoms with Crippen molar-refractivity contribution >= 4 is 39.7 Å². The Morgan fingerprint density at radius 2 is 1.63 bits per heavy atom. The van der Waals surface area contributed by atoms with Gasteiger partial charge in [-0.3, -0.25) is 24.0 Å². The van der Waals surface area contributed by atoms with Gasteiger partial charge in [0.25, 0.3) is 15.9 Å². The molecule has 2 N–H and O–H groups in total. The molecule has 1 fully saturated rings. The molecule has 13 nitrogen and oxygen atoms in total. The second-order valence-electron chi connectivity index (χ2n) is 7.93. The molecule has 0 aromatic heterocycles. The van der Waals surface area contributed by atoms with Gasteiger partial charge in [0.2, 0.25) is 5.91 Å². The molecule has 2 heterocycles. The summed E-state index contributed by atoms with van der Waals surface area (Å²) in [5.41, 5.74) is -0.166. The van der Waals surface area contributed by atoms with Crippen molar-refractivity contribution in [3.8, 4) is 0 Å². The standard InChI is InChI=1S/C21H24N2O11S/c1-9(24)22-16-17(13-6-5-7-14-20(13)35(29,30)23-21(14)28)34-15(8-31-10(2)25)18(32-11(3)26)19(16)33-12(4)27/h5-7,15-19H,8H2,1-4H3,(H,22,24)(H,23,28)/t15-,16+,17?,18-,19-/m1/s1. The molecule has 14 heteroatoms. The van der Waals surface area contributed by atoms with Gasteiger partial charge in [-0.1, -0.05) is 12.1 Å². The van der Waals surface area contributed by atoms with E-state index in [9.17, 15) is 32.4 Å². The third-order valence-electron chi connectivity index (χ3n) is 5.21. The van der Waals surface area contributed by atoms with Gasteiger partial charge in [-0.25, -0.2) is 13.1 Å². The van der Waals surface area contributed by atoms with E-state index in [-0.39, 0.29) is 16.0 Å². The topological polar surface area (TPSA) is 180 Å². The number of rotatable bonds is 6. The lowest BCUT2D eigenvalue weighted by atomic mass is 9.87. The van der Waals surface area contributed by atoms with Crippen LogP contribution in [0.5, 0.6) is 0 Å². The molecule has 5 atom stereocenters. The van der Waals surface area contributed by atoms with E-state index in [0.717, 1.165) is 20.8 Å². The minimum atomic E-state index is -4.27. The maximum absolute atomic E-state index is 12.7. The molecule has 1 aromatic carbocycles. The summed E-state index contributed by atoms with van der Waals surface area (Å²) in [6.07, 6.45) is -5.26. The molecular weight excluding hydrogens is 488 g/mol. The van der Waals surface area contributed by atoms with Crippen LogP contribution in [0.3, 0.4) is 0 Å². The zero-order valence-corrected chi connectivity index (χ0v) is 20.0. The quantitative estimate of drug-likeness (QED) is 0.370. The first kappa shape index (κ1) is 26.1. The highest BCUT2D eigenvalue weighted by atomic mass is 32.2. The van der Waals surface area contributed by atoms with Gasteiger partial charge >= 0.3 is 17.9 Å². The van der Waals surface area contributed by atoms with Crippen molar-refractivity contribution in [2.24, 2.45) is 0 Å². The normalized spacial score (nSPS) is 26.6. The maximum Gasteiger partial charge on any atom is 0.303 e. The lowest BCUT2D eigenvalue weighted by molar-refractivity contribution is -0.225. The molecule has 1 saturated heterocycles. The van der Waals surface area contributed by atoms with E-state index in [1.54, 1.807) is 0 Å². The van der Waals surface area contributed by atoms with Gasteiger partial charge in [0, 0.05) is 33.3 Å². The Kier molecular flexibility index (Phi) is 7.45. The monoisotopic (exact) mass is 512 g/mol. The fraction of sp³-hybridized carbons (Fsp3) is 0.476. The number of sulfonamides is 1. The van der Waals surface area contributed by atoms with Crippen molar-refractivity contribution in [2.45, 2.75) is 63.0 Å². The second-order valence-corrected chi connectivity index (χ2v) is 9.55. The molecule has 190 valence electrons. The largest absolute Gasteiger partial charge is 0.463 e. The van der Waals surface area contributed by atoms with E-state index in [1.165, 1.54) is 25.1 Å². The predicted octanol–water partition coefficient (Wildman–Crippen LogP) is -0.510. The first-order chi connectivity index (χ1) is 16.3. The number of carbonyl (C=O) groups excluding carboxylic acids is 5. The molecule has 35 heavy (non-hydrogen) atoms. The number of esters is 3. The van der Waals surface area contributed by atoms with E-state index in [4.69, 9.17) is 18.9 Å². The molecular formula is C21H24N2O11S. The number of ether oxygens (including phenoxy) is 4. The summed E-state index contributed by atoms with van der Waals surface area (Å²) >= 11 is 0. The molecule has 0 saturated carbocycles. The van der Waals surface area contributed by atoms with Crippen LogP contribution >= 0.6 is 0 Å². The van der Waals surface area contributed by atoms with Gasteiger partial charge in [-0.2, -0.15) is 0 Å². The Morgan fingerprint density at radius 1 is 1.00 bits per heavy atom. The Hall–Kier alpha value is -3.52. The third-order valence-corrected chi connectivity index (χ3v) is 6.66. The highest BCUT2D eigenvalue weighted by molar-refractivity contribution is 7.90. The number of nitrogens with one attached hydrogen (secondary N) is 2. The van der Waals surface area contributed by atoms with E-state index in [1.807, 2.05) is 4.72 Å². The van der Waals surface area contributed by atoms with Crippen LogP contribution in [0.4, 0.5) is 0 Å². The summed E-state index contributed by atoms with van der Waals surface area (Å²) in [6.45, 7) is 4.05. The van der Waals surface area contributed by atoms with E-state index in [0.29, 0.717) is 0 Å². The van der Waals surface area contributed by atoms with Crippen LogP contribution in [-0.2, 0) is 48.1 Å². The lowest BCUT2D eigenvalue weighted by Crippen LogP contribution is -2.63. The van der Waals surface area contributed by atoms with Crippen LogP contribution in [0, 0.1) is 0 Å². The fourth-order valence-electron chi connectivity index (χ4n) is 4.08. The smallest absolute Gasteiger partial charge is 0.303 e. The van der Waals surface area contributed by atoms with Crippen molar-refractivity contribution in [1.29, 1.82) is 0 Å². The number of fused-ring (bicyclic) bond motifs is 1. The molecule has 3 rings (SSSR count). The summed E-state index contributed by atoms with van der Waals surface area (Å²) in [5.74, 6) is -3.69. The SMILES string of the molecule is CC(=O)N[C@H]1C(c2cccc3c2S(=O)(=O)NC3=O)O[C@H](COC(C)=O)[C@@H](OC(C)=O)[C@@H]1OC(C)=O. The molecule has 0 bridgehead atoms. The zero-order valence-electron chi connectivity index (χ0n) is 19.2. The molecule has 1 unspecified atom stereocenters. The summed E-state index contributed by atoms with van der Waals surface area (Å²) in [6, 6.07) is 2.83. The Bertz CT molecular complexity index is 1180. The fourth-order valence-corrected chi connectivity index (χ4v) is 5.48. The highest BCUT2D eigenvalue weighted by Crippen LogP contribution is 2.40. The highest BCUT2D eigenvalue weighted by Gasteiger charge is 2.52. The summed E-state index contributed by atoms with van der Waals surface area (Å²) < 4.78 is 49.2. The van der Waals surface area contributed by atoms with Crippen molar-refractivity contribution in [1.82, 2.24) is 10.0 Å². The lowest BCUT2D eigenvalue weighted by Gasteiger charge is -2.45. The van der Waals surface area contributed by atoms with Gasteiger partial charge in [0.1, 0.15) is 29.8 Å². The van der Waals surface area contributed by atoms with Crippen molar-refractivity contribution in [3.05, 3.63) is 29.3 Å². The number of hydrogen-bond acceptors (Lipinski definition) is 11. The first-order valence-electron chi connectivity index (χ1n) is 10.4. The summed E-state index contributed by atoms with van der Waals surface area (Å²) in [4.78, 5) is 59.2. The zero-order chi connectivity index (χ0) is 26.1. The average Bonchev–Trinajstić information content (AvgIpc) is 2.97. The third kappa shape index (κ3) is 5.59. The van der Waals surface area contributed by atoms with Crippen molar-refractivity contribution in [3.63, 3.8) is 0 Å². The molecule has 0 spiro atoms. The molecule has 1 aromatic rings. The minimum Gasteiger partial charge on any atom is -0.463 e. The molecule has 2 aliphatic heterocycles. The molecule has 2 aliphatic rings. The maximum atomic E-state index is 12.7. The Balaban J connectivity index is 2.20. The van der Waals surface area contributed by atoms with E-state index in [2.05, 4.69) is 5.32 Å². The minimum absolute atomic E-state index is 0.0224.